The Bertz CT molecular complexity index is 922. The topological polar surface area (TPSA) is 73.5 Å². The Kier molecular flexibility index (Phi) is 8.45. The molecule has 0 radical (unpaired) electrons. The normalized spacial score (nSPS) is 14.3. The molecular weight excluding hydrogens is 420 g/mol. The van der Waals surface area contributed by atoms with Gasteiger partial charge in [-0.15, -0.1) is 11.8 Å². The van der Waals surface area contributed by atoms with Crippen molar-refractivity contribution in [2.24, 2.45) is 11.8 Å². The van der Waals surface area contributed by atoms with Gasteiger partial charge in [-0.25, -0.2) is 4.79 Å². The first-order chi connectivity index (χ1) is 15.4. The van der Waals surface area contributed by atoms with E-state index in [0.717, 1.165) is 36.5 Å². The zero-order valence-corrected chi connectivity index (χ0v) is 20.2. The third-order valence-electron chi connectivity index (χ3n) is 5.64. The summed E-state index contributed by atoms with van der Waals surface area (Å²) in [4.78, 5) is 28.9. The van der Waals surface area contributed by atoms with Gasteiger partial charge in [0.1, 0.15) is 0 Å². The highest BCUT2D eigenvalue weighted by atomic mass is 32.2. The average molecular weight is 455 g/mol. The Balaban J connectivity index is 1.76. The number of nitrogens with one attached hydrogen (secondary N) is 3. The van der Waals surface area contributed by atoms with E-state index in [0.29, 0.717) is 35.3 Å². The maximum Gasteiger partial charge on any atom is 0.323 e. The highest BCUT2D eigenvalue weighted by Gasteiger charge is 2.22. The van der Waals surface area contributed by atoms with Gasteiger partial charge in [0.05, 0.1) is 5.56 Å². The molecular formula is C25H34N4O2S. The molecule has 7 heteroatoms. The fraction of sp³-hybridized carbons (Fsp3) is 0.440. The molecule has 2 aromatic rings. The molecule has 6 nitrogen and oxygen atoms in total. The minimum absolute atomic E-state index is 0.107. The zero-order valence-electron chi connectivity index (χ0n) is 19.4. The van der Waals surface area contributed by atoms with Crippen molar-refractivity contribution in [2.45, 2.75) is 38.5 Å². The number of benzene rings is 2. The zero-order chi connectivity index (χ0) is 23.1. The van der Waals surface area contributed by atoms with E-state index >= 15 is 0 Å². The molecule has 1 heterocycles. The van der Waals surface area contributed by atoms with Gasteiger partial charge in [0.15, 0.2) is 0 Å². The number of hydrogen-bond donors (Lipinski definition) is 3. The van der Waals surface area contributed by atoms with Crippen LogP contribution in [-0.2, 0) is 0 Å². The number of carbonyl (C=O) groups is 2. The van der Waals surface area contributed by atoms with Crippen LogP contribution < -0.4 is 20.9 Å². The molecule has 0 unspecified atom stereocenters. The molecule has 0 saturated carbocycles. The highest BCUT2D eigenvalue weighted by molar-refractivity contribution is 7.98. The molecule has 0 atom stereocenters. The van der Waals surface area contributed by atoms with E-state index in [-0.39, 0.29) is 11.9 Å². The van der Waals surface area contributed by atoms with E-state index in [1.807, 2.05) is 42.7 Å². The number of carbonyl (C=O) groups excluding carboxylic acids is 2. The molecule has 0 bridgehead atoms. The molecule has 0 aromatic heterocycles. The molecule has 1 fully saturated rings. The van der Waals surface area contributed by atoms with Crippen LogP contribution in [0.4, 0.5) is 21.9 Å². The molecule has 1 saturated heterocycles. The van der Waals surface area contributed by atoms with E-state index in [1.165, 1.54) is 0 Å². The van der Waals surface area contributed by atoms with Crippen molar-refractivity contribution in [3.05, 3.63) is 48.0 Å². The molecule has 0 aliphatic carbocycles. The summed E-state index contributed by atoms with van der Waals surface area (Å²) in [6, 6.07) is 12.9. The van der Waals surface area contributed by atoms with Crippen LogP contribution in [0.5, 0.6) is 0 Å². The molecule has 1 aliphatic heterocycles. The first-order valence-electron chi connectivity index (χ1n) is 11.2. The fourth-order valence-corrected chi connectivity index (χ4v) is 4.09. The minimum Gasteiger partial charge on any atom is -0.371 e. The summed E-state index contributed by atoms with van der Waals surface area (Å²) < 4.78 is 0. The van der Waals surface area contributed by atoms with Crippen LogP contribution in [0.1, 0.15) is 44.0 Å². The highest BCUT2D eigenvalue weighted by Crippen LogP contribution is 2.29. The number of thioether (sulfide) groups is 1. The molecule has 1 aliphatic rings. The molecule has 32 heavy (non-hydrogen) atoms. The predicted molar refractivity (Wildman–Crippen MR) is 135 cm³/mol. The van der Waals surface area contributed by atoms with Crippen LogP contribution in [0.3, 0.4) is 0 Å². The predicted octanol–water partition coefficient (Wildman–Crippen LogP) is 5.67. The summed E-state index contributed by atoms with van der Waals surface area (Å²) in [6.07, 6.45) is 4.24. The number of urea groups is 1. The van der Waals surface area contributed by atoms with Crippen LogP contribution in [0.25, 0.3) is 0 Å². The lowest BCUT2D eigenvalue weighted by atomic mass is 9.97. The van der Waals surface area contributed by atoms with E-state index < -0.39 is 0 Å². The van der Waals surface area contributed by atoms with Crippen molar-refractivity contribution >= 4 is 40.8 Å². The van der Waals surface area contributed by atoms with Gasteiger partial charge in [0.25, 0.3) is 5.91 Å². The first-order valence-corrected chi connectivity index (χ1v) is 12.5. The van der Waals surface area contributed by atoms with Crippen LogP contribution in [0.2, 0.25) is 0 Å². The van der Waals surface area contributed by atoms with E-state index in [2.05, 4.69) is 41.6 Å². The molecule has 0 spiro atoms. The lowest BCUT2D eigenvalue weighted by Crippen LogP contribution is -2.35. The van der Waals surface area contributed by atoms with Gasteiger partial charge < -0.3 is 20.9 Å². The number of anilines is 3. The summed E-state index contributed by atoms with van der Waals surface area (Å²) >= 11 is 1.65. The number of rotatable bonds is 7. The Labute approximate surface area is 195 Å². The SMILES string of the molecule is CSc1ccc(NC(=O)Nc2ccc(N3CCC(C)CC3)c(C(=O)NCC(C)C)c2)cc1. The summed E-state index contributed by atoms with van der Waals surface area (Å²) in [6.45, 7) is 8.89. The molecule has 172 valence electrons. The van der Waals surface area contributed by atoms with Gasteiger partial charge in [0, 0.05) is 41.6 Å². The van der Waals surface area contributed by atoms with Crippen LogP contribution in [-0.4, -0.2) is 37.8 Å². The maximum absolute atomic E-state index is 13.0. The first kappa shape index (κ1) is 24.0. The monoisotopic (exact) mass is 454 g/mol. The van der Waals surface area contributed by atoms with E-state index in [4.69, 9.17) is 0 Å². The Morgan fingerprint density at radius 1 is 1.03 bits per heavy atom. The van der Waals surface area contributed by atoms with Crippen LogP contribution in [0, 0.1) is 11.8 Å². The van der Waals surface area contributed by atoms with E-state index in [9.17, 15) is 9.59 Å². The Hall–Kier alpha value is -2.67. The van der Waals surface area contributed by atoms with Crippen molar-refractivity contribution < 1.29 is 9.59 Å². The minimum atomic E-state index is -0.338. The van der Waals surface area contributed by atoms with E-state index in [1.54, 1.807) is 17.8 Å². The molecule has 2 aromatic carbocycles. The van der Waals surface area contributed by atoms with Crippen molar-refractivity contribution in [1.82, 2.24) is 5.32 Å². The van der Waals surface area contributed by atoms with Crippen LogP contribution >= 0.6 is 11.8 Å². The Morgan fingerprint density at radius 3 is 2.28 bits per heavy atom. The summed E-state index contributed by atoms with van der Waals surface area (Å²) in [7, 11) is 0. The number of amides is 3. The van der Waals surface area contributed by atoms with Gasteiger partial charge in [-0.2, -0.15) is 0 Å². The van der Waals surface area contributed by atoms with Crippen molar-refractivity contribution in [1.29, 1.82) is 0 Å². The third kappa shape index (κ3) is 6.66. The van der Waals surface area contributed by atoms with Gasteiger partial charge in [0.2, 0.25) is 0 Å². The van der Waals surface area contributed by atoms with Crippen molar-refractivity contribution in [3.63, 3.8) is 0 Å². The smallest absolute Gasteiger partial charge is 0.323 e. The largest absolute Gasteiger partial charge is 0.371 e. The number of nitrogens with zero attached hydrogens (tertiary/aromatic N) is 1. The molecule has 3 N–H and O–H groups in total. The van der Waals surface area contributed by atoms with Gasteiger partial charge in [-0.1, -0.05) is 20.8 Å². The summed E-state index contributed by atoms with van der Waals surface area (Å²) in [5, 5.41) is 8.73. The second kappa shape index (κ2) is 11.3. The van der Waals surface area contributed by atoms with Crippen molar-refractivity contribution in [3.8, 4) is 0 Å². The van der Waals surface area contributed by atoms with Crippen LogP contribution in [0.15, 0.2) is 47.4 Å². The second-order valence-electron chi connectivity index (χ2n) is 8.81. The maximum atomic E-state index is 13.0. The molecule has 3 rings (SSSR count). The Morgan fingerprint density at radius 2 is 1.66 bits per heavy atom. The quantitative estimate of drug-likeness (QED) is 0.471. The standard InChI is InChI=1S/C25H34N4O2S/c1-17(2)16-26-24(30)22-15-20(7-10-23(22)29-13-11-18(3)12-14-29)28-25(31)27-19-5-8-21(32-4)9-6-19/h5-10,15,17-18H,11-14,16H2,1-4H3,(H,26,30)(H2,27,28,31). The average Bonchev–Trinajstić information content (AvgIpc) is 2.78. The number of hydrogen-bond acceptors (Lipinski definition) is 4. The third-order valence-corrected chi connectivity index (χ3v) is 6.39. The lowest BCUT2D eigenvalue weighted by molar-refractivity contribution is 0.0949. The molecule has 3 amide bonds. The van der Waals surface area contributed by atoms with Gasteiger partial charge >= 0.3 is 6.03 Å². The summed E-state index contributed by atoms with van der Waals surface area (Å²) in [5.41, 5.74) is 2.83. The second-order valence-corrected chi connectivity index (χ2v) is 9.69. The fourth-order valence-electron chi connectivity index (χ4n) is 3.68. The summed E-state index contributed by atoms with van der Waals surface area (Å²) in [5.74, 6) is 0.964. The van der Waals surface area contributed by atoms with Gasteiger partial charge in [-0.3, -0.25) is 4.79 Å². The van der Waals surface area contributed by atoms with Crippen molar-refractivity contribution in [2.75, 3.05) is 41.4 Å². The lowest BCUT2D eigenvalue weighted by Gasteiger charge is -2.33. The van der Waals surface area contributed by atoms with Gasteiger partial charge in [-0.05, 0) is 73.4 Å². The number of piperidine rings is 1.